The monoisotopic (exact) mass is 357 g/mol. The molecule has 0 amide bonds. The van der Waals surface area contributed by atoms with Gasteiger partial charge in [0.15, 0.2) is 5.82 Å². The van der Waals surface area contributed by atoms with E-state index < -0.39 is 11.7 Å². The summed E-state index contributed by atoms with van der Waals surface area (Å²) in [5.74, 6) is 0.151. The lowest BCUT2D eigenvalue weighted by atomic mass is 10.2. The van der Waals surface area contributed by atoms with Gasteiger partial charge in [-0.25, -0.2) is 4.68 Å². The summed E-state index contributed by atoms with van der Waals surface area (Å²) in [7, 11) is 0. The number of para-hydroxylation sites is 1. The lowest BCUT2D eigenvalue weighted by Crippen LogP contribution is -2.11. The van der Waals surface area contributed by atoms with Crippen LogP contribution < -0.4 is 0 Å². The molecule has 0 fully saturated rings. The molecule has 0 saturated heterocycles. The lowest BCUT2D eigenvalue weighted by Gasteiger charge is -2.12. The number of benzene rings is 2. The van der Waals surface area contributed by atoms with Gasteiger partial charge in [-0.05, 0) is 35.9 Å². The van der Waals surface area contributed by atoms with Crippen LogP contribution in [-0.4, -0.2) is 14.8 Å². The average molecular weight is 358 g/mol. The van der Waals surface area contributed by atoms with E-state index in [1.54, 1.807) is 24.3 Å². The number of nitrogens with zero attached hydrogens (tertiary/aromatic N) is 3. The predicted molar refractivity (Wildman–Crippen MR) is 81.8 cm³/mol. The third-order valence-electron chi connectivity index (χ3n) is 3.12. The Morgan fingerprint density at radius 2 is 1.57 bits per heavy atom. The molecule has 3 nitrogen and oxygen atoms in total. The molecule has 0 N–H and O–H groups in total. The number of hydrogen-bond donors (Lipinski definition) is 0. The Hall–Kier alpha value is -2.05. The Morgan fingerprint density at radius 3 is 2.26 bits per heavy atom. The molecule has 0 atom stereocenters. The molecule has 0 aliphatic carbocycles. The highest BCUT2D eigenvalue weighted by molar-refractivity contribution is 6.33. The van der Waals surface area contributed by atoms with Gasteiger partial charge in [0.05, 0.1) is 16.3 Å². The molecule has 0 unspecified atom stereocenters. The third kappa shape index (κ3) is 3.04. The van der Waals surface area contributed by atoms with Crippen LogP contribution in [0, 0.1) is 0 Å². The second-order valence-electron chi connectivity index (χ2n) is 4.61. The second kappa shape index (κ2) is 5.86. The summed E-state index contributed by atoms with van der Waals surface area (Å²) >= 11 is 12.0. The quantitative estimate of drug-likeness (QED) is 0.626. The van der Waals surface area contributed by atoms with Crippen LogP contribution in [0.25, 0.3) is 17.1 Å². The van der Waals surface area contributed by atoms with E-state index in [0.29, 0.717) is 10.6 Å². The molecular weight excluding hydrogens is 350 g/mol. The van der Waals surface area contributed by atoms with E-state index in [0.717, 1.165) is 10.7 Å². The van der Waals surface area contributed by atoms with Gasteiger partial charge in [-0.3, -0.25) is 0 Å². The highest BCUT2D eigenvalue weighted by atomic mass is 35.5. The van der Waals surface area contributed by atoms with Crippen LogP contribution in [0.15, 0.2) is 48.5 Å². The van der Waals surface area contributed by atoms with Crippen molar-refractivity contribution in [3.8, 4) is 17.1 Å². The van der Waals surface area contributed by atoms with E-state index in [1.165, 1.54) is 18.2 Å². The minimum absolute atomic E-state index is 0.151. The van der Waals surface area contributed by atoms with E-state index in [1.807, 2.05) is 0 Å². The number of alkyl halides is 3. The maximum absolute atomic E-state index is 13.1. The normalized spacial score (nSPS) is 11.7. The number of aromatic nitrogens is 3. The van der Waals surface area contributed by atoms with Gasteiger partial charge in [-0.2, -0.15) is 18.2 Å². The van der Waals surface area contributed by atoms with Gasteiger partial charge >= 0.3 is 6.18 Å². The fourth-order valence-electron chi connectivity index (χ4n) is 2.10. The van der Waals surface area contributed by atoms with Crippen molar-refractivity contribution in [2.75, 3.05) is 0 Å². The first kappa shape index (κ1) is 15.8. The number of rotatable bonds is 2. The summed E-state index contributed by atoms with van der Waals surface area (Å²) < 4.78 is 40.3. The summed E-state index contributed by atoms with van der Waals surface area (Å²) in [6.45, 7) is 0. The van der Waals surface area contributed by atoms with Crippen molar-refractivity contribution in [1.29, 1.82) is 0 Å². The highest BCUT2D eigenvalue weighted by Crippen LogP contribution is 2.35. The second-order valence-corrected chi connectivity index (χ2v) is 5.36. The van der Waals surface area contributed by atoms with Crippen molar-refractivity contribution in [3.05, 3.63) is 64.4 Å². The van der Waals surface area contributed by atoms with Crippen LogP contribution >= 0.6 is 23.2 Å². The maximum atomic E-state index is 13.1. The Morgan fingerprint density at radius 1 is 0.913 bits per heavy atom. The first-order valence-corrected chi connectivity index (χ1v) is 7.17. The van der Waals surface area contributed by atoms with Gasteiger partial charge in [0.25, 0.3) is 0 Å². The zero-order chi connectivity index (χ0) is 16.6. The Bertz CT molecular complexity index is 859. The summed E-state index contributed by atoms with van der Waals surface area (Å²) in [5, 5.41) is 4.27. The maximum Gasteiger partial charge on any atom is 0.418 e. The molecule has 3 rings (SSSR count). The minimum atomic E-state index is -4.53. The van der Waals surface area contributed by atoms with Gasteiger partial charge < -0.3 is 0 Å². The SMILES string of the molecule is FC(F)(F)c1ccccc1-n1nc(-c2ccccc2Cl)nc1Cl. The topological polar surface area (TPSA) is 30.7 Å². The smallest absolute Gasteiger partial charge is 0.202 e. The minimum Gasteiger partial charge on any atom is -0.202 e. The highest BCUT2D eigenvalue weighted by Gasteiger charge is 2.34. The van der Waals surface area contributed by atoms with Gasteiger partial charge in [0.2, 0.25) is 5.28 Å². The molecule has 0 radical (unpaired) electrons. The van der Waals surface area contributed by atoms with Gasteiger partial charge in [-0.1, -0.05) is 35.9 Å². The fourth-order valence-corrected chi connectivity index (χ4v) is 2.53. The molecular formula is C15H8Cl2F3N3. The molecule has 23 heavy (non-hydrogen) atoms. The zero-order valence-corrected chi connectivity index (χ0v) is 12.9. The summed E-state index contributed by atoms with van der Waals surface area (Å²) in [6.07, 6.45) is -4.53. The molecule has 3 aromatic rings. The summed E-state index contributed by atoms with van der Waals surface area (Å²) in [5.41, 5.74) is -0.562. The van der Waals surface area contributed by atoms with Gasteiger partial charge in [0, 0.05) is 5.56 Å². The van der Waals surface area contributed by atoms with Crippen molar-refractivity contribution in [1.82, 2.24) is 14.8 Å². The van der Waals surface area contributed by atoms with Crippen LogP contribution in [0.1, 0.15) is 5.56 Å². The van der Waals surface area contributed by atoms with E-state index in [-0.39, 0.29) is 16.8 Å². The van der Waals surface area contributed by atoms with Gasteiger partial charge in [0.1, 0.15) is 0 Å². The Kier molecular flexibility index (Phi) is 4.04. The average Bonchev–Trinajstić information content (AvgIpc) is 2.88. The molecule has 2 aromatic carbocycles. The molecule has 0 aliphatic heterocycles. The number of hydrogen-bond acceptors (Lipinski definition) is 2. The van der Waals surface area contributed by atoms with Crippen LogP contribution in [0.3, 0.4) is 0 Å². The molecule has 0 spiro atoms. The lowest BCUT2D eigenvalue weighted by molar-refractivity contribution is -0.137. The van der Waals surface area contributed by atoms with E-state index in [4.69, 9.17) is 23.2 Å². The number of halogens is 5. The van der Waals surface area contributed by atoms with E-state index in [9.17, 15) is 13.2 Å². The molecule has 8 heteroatoms. The van der Waals surface area contributed by atoms with Crippen molar-refractivity contribution < 1.29 is 13.2 Å². The van der Waals surface area contributed by atoms with Crippen LogP contribution in [0.4, 0.5) is 13.2 Å². The molecule has 0 saturated carbocycles. The standard InChI is InChI=1S/C15H8Cl2F3N3/c16-11-7-3-1-5-9(11)13-21-14(17)23(22-13)12-8-4-2-6-10(12)15(18,19)20/h1-8H. The summed E-state index contributed by atoms with van der Waals surface area (Å²) in [6, 6.07) is 11.7. The molecule has 1 heterocycles. The molecule has 0 bridgehead atoms. The summed E-state index contributed by atoms with van der Waals surface area (Å²) in [4.78, 5) is 4.01. The van der Waals surface area contributed by atoms with E-state index >= 15 is 0 Å². The molecule has 0 aliphatic rings. The first-order valence-electron chi connectivity index (χ1n) is 6.42. The van der Waals surface area contributed by atoms with Crippen molar-refractivity contribution in [2.24, 2.45) is 0 Å². The molecule has 1 aromatic heterocycles. The van der Waals surface area contributed by atoms with Crippen molar-refractivity contribution in [2.45, 2.75) is 6.18 Å². The fraction of sp³-hybridized carbons (Fsp3) is 0.0667. The third-order valence-corrected chi connectivity index (χ3v) is 3.69. The Labute approximate surface area is 139 Å². The van der Waals surface area contributed by atoms with Crippen molar-refractivity contribution in [3.63, 3.8) is 0 Å². The van der Waals surface area contributed by atoms with Crippen LogP contribution in [0.2, 0.25) is 10.3 Å². The van der Waals surface area contributed by atoms with Crippen LogP contribution in [0.5, 0.6) is 0 Å². The first-order chi connectivity index (χ1) is 10.9. The van der Waals surface area contributed by atoms with E-state index in [2.05, 4.69) is 10.1 Å². The largest absolute Gasteiger partial charge is 0.418 e. The van der Waals surface area contributed by atoms with Gasteiger partial charge in [-0.15, -0.1) is 5.10 Å². The Balaban J connectivity index is 2.16. The van der Waals surface area contributed by atoms with Crippen LogP contribution in [-0.2, 0) is 6.18 Å². The predicted octanol–water partition coefficient (Wildman–Crippen LogP) is 5.26. The van der Waals surface area contributed by atoms with Crippen molar-refractivity contribution >= 4 is 23.2 Å². The molecule has 118 valence electrons. The zero-order valence-electron chi connectivity index (χ0n) is 11.4.